The predicted octanol–water partition coefficient (Wildman–Crippen LogP) is 1.05. The van der Waals surface area contributed by atoms with Gasteiger partial charge in [0.15, 0.2) is 5.89 Å². The minimum Gasteiger partial charge on any atom is -0.449 e. The molecule has 2 rings (SSSR count). The van der Waals surface area contributed by atoms with Crippen LogP contribution < -0.4 is 0 Å². The van der Waals surface area contributed by atoms with Gasteiger partial charge in [0.1, 0.15) is 12.0 Å². The SMILES string of the molecule is CN1CCC(Cc2nc(CO)co2)CC1. The van der Waals surface area contributed by atoms with Crippen molar-refractivity contribution in [3.63, 3.8) is 0 Å². The van der Waals surface area contributed by atoms with Crippen molar-refractivity contribution in [1.29, 1.82) is 0 Å². The Morgan fingerprint density at radius 2 is 2.27 bits per heavy atom. The first kappa shape index (κ1) is 10.6. The van der Waals surface area contributed by atoms with Gasteiger partial charge in [0.05, 0.1) is 6.61 Å². The fourth-order valence-electron chi connectivity index (χ4n) is 2.03. The van der Waals surface area contributed by atoms with E-state index in [1.165, 1.54) is 12.8 Å². The monoisotopic (exact) mass is 210 g/mol. The third-order valence-corrected chi connectivity index (χ3v) is 3.06. The first-order chi connectivity index (χ1) is 7.28. The fourth-order valence-corrected chi connectivity index (χ4v) is 2.03. The van der Waals surface area contributed by atoms with Crippen molar-refractivity contribution in [1.82, 2.24) is 9.88 Å². The molecule has 1 aliphatic heterocycles. The molecule has 0 saturated carbocycles. The van der Waals surface area contributed by atoms with Gasteiger partial charge in [-0.05, 0) is 38.9 Å². The molecule has 0 spiro atoms. The Balaban J connectivity index is 1.86. The molecule has 84 valence electrons. The number of likely N-dealkylation sites (tertiary alicyclic amines) is 1. The molecule has 4 nitrogen and oxygen atoms in total. The summed E-state index contributed by atoms with van der Waals surface area (Å²) in [4.78, 5) is 6.56. The third-order valence-electron chi connectivity index (χ3n) is 3.06. The maximum Gasteiger partial charge on any atom is 0.194 e. The number of aliphatic hydroxyl groups is 1. The zero-order chi connectivity index (χ0) is 10.7. The molecule has 1 N–H and O–H groups in total. The molecular formula is C11H18N2O2. The topological polar surface area (TPSA) is 49.5 Å². The van der Waals surface area contributed by atoms with E-state index in [0.29, 0.717) is 11.6 Å². The summed E-state index contributed by atoms with van der Waals surface area (Å²) >= 11 is 0. The molecule has 1 saturated heterocycles. The summed E-state index contributed by atoms with van der Waals surface area (Å²) in [7, 11) is 2.16. The summed E-state index contributed by atoms with van der Waals surface area (Å²) in [5.41, 5.74) is 0.637. The number of aromatic nitrogens is 1. The number of rotatable bonds is 3. The molecule has 1 aliphatic rings. The van der Waals surface area contributed by atoms with Gasteiger partial charge in [-0.1, -0.05) is 0 Å². The van der Waals surface area contributed by atoms with Crippen LogP contribution in [-0.2, 0) is 13.0 Å². The van der Waals surface area contributed by atoms with E-state index in [-0.39, 0.29) is 6.61 Å². The highest BCUT2D eigenvalue weighted by Gasteiger charge is 2.18. The summed E-state index contributed by atoms with van der Waals surface area (Å²) in [6, 6.07) is 0. The normalized spacial score (nSPS) is 19.6. The lowest BCUT2D eigenvalue weighted by atomic mass is 9.94. The van der Waals surface area contributed by atoms with E-state index in [9.17, 15) is 0 Å². The second-order valence-electron chi connectivity index (χ2n) is 4.34. The highest BCUT2D eigenvalue weighted by molar-refractivity contribution is 4.95. The lowest BCUT2D eigenvalue weighted by molar-refractivity contribution is 0.212. The average molecular weight is 210 g/mol. The Kier molecular flexibility index (Phi) is 3.38. The molecule has 4 heteroatoms. The van der Waals surface area contributed by atoms with E-state index in [1.54, 1.807) is 6.26 Å². The Bertz CT molecular complexity index is 303. The maximum atomic E-state index is 8.86. The lowest BCUT2D eigenvalue weighted by Crippen LogP contribution is -2.30. The van der Waals surface area contributed by atoms with E-state index in [0.717, 1.165) is 25.4 Å². The molecule has 0 amide bonds. The molecule has 1 fully saturated rings. The van der Waals surface area contributed by atoms with Crippen molar-refractivity contribution in [2.24, 2.45) is 5.92 Å². The molecule has 2 heterocycles. The Labute approximate surface area is 89.9 Å². The van der Waals surface area contributed by atoms with Crippen LogP contribution in [0.2, 0.25) is 0 Å². The minimum atomic E-state index is -0.0308. The van der Waals surface area contributed by atoms with Crippen LogP contribution in [0.25, 0.3) is 0 Å². The number of hydrogen-bond donors (Lipinski definition) is 1. The largest absolute Gasteiger partial charge is 0.449 e. The highest BCUT2D eigenvalue weighted by atomic mass is 16.3. The van der Waals surface area contributed by atoms with Crippen LogP contribution in [0.4, 0.5) is 0 Å². The van der Waals surface area contributed by atoms with Crippen molar-refractivity contribution in [3.05, 3.63) is 17.8 Å². The van der Waals surface area contributed by atoms with Gasteiger partial charge in [-0.3, -0.25) is 0 Å². The van der Waals surface area contributed by atoms with Crippen LogP contribution in [-0.4, -0.2) is 35.1 Å². The highest BCUT2D eigenvalue weighted by Crippen LogP contribution is 2.20. The first-order valence-corrected chi connectivity index (χ1v) is 5.50. The summed E-state index contributed by atoms with van der Waals surface area (Å²) in [5, 5.41) is 8.86. The lowest BCUT2D eigenvalue weighted by Gasteiger charge is -2.28. The molecule has 0 bridgehead atoms. The van der Waals surface area contributed by atoms with Crippen molar-refractivity contribution < 1.29 is 9.52 Å². The van der Waals surface area contributed by atoms with Crippen LogP contribution >= 0.6 is 0 Å². The van der Waals surface area contributed by atoms with Gasteiger partial charge in [0.25, 0.3) is 0 Å². The van der Waals surface area contributed by atoms with Gasteiger partial charge in [0.2, 0.25) is 0 Å². The minimum absolute atomic E-state index is 0.0308. The van der Waals surface area contributed by atoms with Gasteiger partial charge in [-0.15, -0.1) is 0 Å². The quantitative estimate of drug-likeness (QED) is 0.810. The molecular weight excluding hydrogens is 192 g/mol. The van der Waals surface area contributed by atoms with Crippen molar-refractivity contribution in [2.45, 2.75) is 25.9 Å². The van der Waals surface area contributed by atoms with E-state index in [2.05, 4.69) is 16.9 Å². The third kappa shape index (κ3) is 2.79. The molecule has 1 aromatic heterocycles. The van der Waals surface area contributed by atoms with Gasteiger partial charge in [0, 0.05) is 6.42 Å². The summed E-state index contributed by atoms with van der Waals surface area (Å²) < 4.78 is 5.30. The summed E-state index contributed by atoms with van der Waals surface area (Å²) in [6.45, 7) is 2.30. The van der Waals surface area contributed by atoms with Crippen molar-refractivity contribution >= 4 is 0 Å². The van der Waals surface area contributed by atoms with Gasteiger partial charge >= 0.3 is 0 Å². The number of aliphatic hydroxyl groups excluding tert-OH is 1. The molecule has 0 aliphatic carbocycles. The van der Waals surface area contributed by atoms with Gasteiger partial charge in [-0.2, -0.15) is 0 Å². The van der Waals surface area contributed by atoms with Crippen molar-refractivity contribution in [2.75, 3.05) is 20.1 Å². The van der Waals surface area contributed by atoms with Gasteiger partial charge in [-0.25, -0.2) is 4.98 Å². The molecule has 15 heavy (non-hydrogen) atoms. The number of piperidine rings is 1. The Morgan fingerprint density at radius 3 is 2.87 bits per heavy atom. The second kappa shape index (κ2) is 4.77. The standard InChI is InChI=1S/C11H18N2O2/c1-13-4-2-9(3-5-13)6-11-12-10(7-14)8-15-11/h8-9,14H,2-7H2,1H3. The molecule has 0 radical (unpaired) electrons. The summed E-state index contributed by atoms with van der Waals surface area (Å²) in [5.74, 6) is 1.46. The number of hydrogen-bond acceptors (Lipinski definition) is 4. The molecule has 0 unspecified atom stereocenters. The van der Waals surface area contributed by atoms with E-state index in [4.69, 9.17) is 9.52 Å². The zero-order valence-corrected chi connectivity index (χ0v) is 9.15. The Morgan fingerprint density at radius 1 is 1.53 bits per heavy atom. The maximum absolute atomic E-state index is 8.86. The smallest absolute Gasteiger partial charge is 0.194 e. The van der Waals surface area contributed by atoms with E-state index < -0.39 is 0 Å². The van der Waals surface area contributed by atoms with E-state index >= 15 is 0 Å². The van der Waals surface area contributed by atoms with Crippen LogP contribution in [0.1, 0.15) is 24.4 Å². The molecule has 0 aromatic carbocycles. The Hall–Kier alpha value is -0.870. The van der Waals surface area contributed by atoms with Crippen LogP contribution in [0, 0.1) is 5.92 Å². The number of oxazole rings is 1. The van der Waals surface area contributed by atoms with E-state index in [1.807, 2.05) is 0 Å². The number of nitrogens with zero attached hydrogens (tertiary/aromatic N) is 2. The van der Waals surface area contributed by atoms with Gasteiger partial charge < -0.3 is 14.4 Å². The fraction of sp³-hybridized carbons (Fsp3) is 0.727. The van der Waals surface area contributed by atoms with Crippen molar-refractivity contribution in [3.8, 4) is 0 Å². The molecule has 1 aromatic rings. The zero-order valence-electron chi connectivity index (χ0n) is 9.15. The summed E-state index contributed by atoms with van der Waals surface area (Å²) in [6.07, 6.45) is 4.89. The second-order valence-corrected chi connectivity index (χ2v) is 4.34. The molecule has 0 atom stereocenters. The van der Waals surface area contributed by atoms with Crippen LogP contribution in [0.3, 0.4) is 0 Å². The predicted molar refractivity (Wildman–Crippen MR) is 56.4 cm³/mol. The first-order valence-electron chi connectivity index (χ1n) is 5.50. The average Bonchev–Trinajstić information content (AvgIpc) is 2.69. The van der Waals surface area contributed by atoms with Crippen LogP contribution in [0.5, 0.6) is 0 Å². The van der Waals surface area contributed by atoms with Crippen LogP contribution in [0.15, 0.2) is 10.7 Å².